The van der Waals surface area contributed by atoms with E-state index in [1.54, 1.807) is 18.3 Å². The van der Waals surface area contributed by atoms with Crippen molar-refractivity contribution in [2.75, 3.05) is 5.32 Å². The summed E-state index contributed by atoms with van der Waals surface area (Å²) in [5, 5.41) is 3.67. The minimum absolute atomic E-state index is 0.210. The Morgan fingerprint density at radius 1 is 1.29 bits per heavy atom. The van der Waals surface area contributed by atoms with Gasteiger partial charge < -0.3 is 5.32 Å². The van der Waals surface area contributed by atoms with Gasteiger partial charge in [-0.1, -0.05) is 17.7 Å². The number of nitrogens with zero attached hydrogens (tertiary/aromatic N) is 1. The summed E-state index contributed by atoms with van der Waals surface area (Å²) in [6.45, 7) is 2.52. The standard InChI is InChI=1S/C13H12ClFN2/c1-9-6-11(15)3-2-10(9)8-17-12-4-5-16-13(14)7-12/h2-7H,8H2,1H3,(H,16,17). The zero-order chi connectivity index (χ0) is 12.3. The summed E-state index contributed by atoms with van der Waals surface area (Å²) in [6, 6.07) is 8.35. The van der Waals surface area contributed by atoms with E-state index in [9.17, 15) is 4.39 Å². The SMILES string of the molecule is Cc1cc(F)ccc1CNc1ccnc(Cl)c1. The van der Waals surface area contributed by atoms with Gasteiger partial charge in [0.25, 0.3) is 0 Å². The third-order valence-corrected chi connectivity index (χ3v) is 2.72. The predicted octanol–water partition coefficient (Wildman–Crippen LogP) is 3.79. The molecular formula is C13H12ClFN2. The van der Waals surface area contributed by atoms with Crippen molar-refractivity contribution in [1.29, 1.82) is 0 Å². The molecule has 2 aromatic rings. The molecule has 0 amide bonds. The van der Waals surface area contributed by atoms with Crippen molar-refractivity contribution in [3.63, 3.8) is 0 Å². The molecule has 2 nitrogen and oxygen atoms in total. The van der Waals surface area contributed by atoms with E-state index in [-0.39, 0.29) is 5.82 Å². The molecule has 0 aliphatic carbocycles. The van der Waals surface area contributed by atoms with E-state index in [1.807, 2.05) is 13.0 Å². The molecule has 4 heteroatoms. The van der Waals surface area contributed by atoms with Gasteiger partial charge in [-0.3, -0.25) is 0 Å². The zero-order valence-electron chi connectivity index (χ0n) is 9.37. The third-order valence-electron chi connectivity index (χ3n) is 2.51. The third kappa shape index (κ3) is 3.17. The lowest BCUT2D eigenvalue weighted by atomic mass is 10.1. The lowest BCUT2D eigenvalue weighted by molar-refractivity contribution is 0.625. The van der Waals surface area contributed by atoms with Crippen molar-refractivity contribution < 1.29 is 4.39 Å². The van der Waals surface area contributed by atoms with E-state index >= 15 is 0 Å². The first kappa shape index (κ1) is 11.9. The van der Waals surface area contributed by atoms with Gasteiger partial charge in [0.2, 0.25) is 0 Å². The van der Waals surface area contributed by atoms with Crippen LogP contribution in [0.15, 0.2) is 36.5 Å². The maximum Gasteiger partial charge on any atom is 0.131 e. The van der Waals surface area contributed by atoms with Crippen molar-refractivity contribution in [3.05, 3.63) is 58.6 Å². The highest BCUT2D eigenvalue weighted by Crippen LogP contribution is 2.15. The second-order valence-corrected chi connectivity index (χ2v) is 4.18. The summed E-state index contributed by atoms with van der Waals surface area (Å²) >= 11 is 5.78. The van der Waals surface area contributed by atoms with Crippen molar-refractivity contribution in [2.24, 2.45) is 0 Å². The fourth-order valence-electron chi connectivity index (χ4n) is 1.57. The second-order valence-electron chi connectivity index (χ2n) is 3.79. The fraction of sp³-hybridized carbons (Fsp3) is 0.154. The summed E-state index contributed by atoms with van der Waals surface area (Å²) in [5.74, 6) is -0.210. The van der Waals surface area contributed by atoms with E-state index in [2.05, 4.69) is 10.3 Å². The molecule has 0 spiro atoms. The number of benzene rings is 1. The summed E-state index contributed by atoms with van der Waals surface area (Å²) in [5.41, 5.74) is 2.88. The van der Waals surface area contributed by atoms with Gasteiger partial charge in [0, 0.05) is 18.4 Å². The van der Waals surface area contributed by atoms with E-state index in [4.69, 9.17) is 11.6 Å². The van der Waals surface area contributed by atoms with E-state index in [0.29, 0.717) is 11.7 Å². The minimum Gasteiger partial charge on any atom is -0.381 e. The predicted molar refractivity (Wildman–Crippen MR) is 67.7 cm³/mol. The molecule has 0 saturated carbocycles. The molecule has 0 saturated heterocycles. The number of nitrogens with one attached hydrogen (secondary N) is 1. The maximum absolute atomic E-state index is 12.9. The molecule has 1 heterocycles. The Hall–Kier alpha value is -1.61. The molecule has 2 rings (SSSR count). The lowest BCUT2D eigenvalue weighted by Gasteiger charge is -2.09. The smallest absolute Gasteiger partial charge is 0.131 e. The van der Waals surface area contributed by atoms with Crippen molar-refractivity contribution >= 4 is 17.3 Å². The van der Waals surface area contributed by atoms with Crippen LogP contribution >= 0.6 is 11.6 Å². The van der Waals surface area contributed by atoms with Crippen molar-refractivity contribution in [1.82, 2.24) is 4.98 Å². The highest BCUT2D eigenvalue weighted by molar-refractivity contribution is 6.29. The Kier molecular flexibility index (Phi) is 3.59. The van der Waals surface area contributed by atoms with Crippen LogP contribution in [0.1, 0.15) is 11.1 Å². The average Bonchev–Trinajstić information content (AvgIpc) is 2.28. The summed E-state index contributed by atoms with van der Waals surface area (Å²) < 4.78 is 12.9. The van der Waals surface area contributed by atoms with Gasteiger partial charge >= 0.3 is 0 Å². The van der Waals surface area contributed by atoms with Crippen LogP contribution in [-0.2, 0) is 6.54 Å². The van der Waals surface area contributed by atoms with Crippen LogP contribution in [0.3, 0.4) is 0 Å². The molecular weight excluding hydrogens is 239 g/mol. The normalized spacial score (nSPS) is 10.3. The van der Waals surface area contributed by atoms with Gasteiger partial charge in [0.15, 0.2) is 0 Å². The number of hydrogen-bond acceptors (Lipinski definition) is 2. The van der Waals surface area contributed by atoms with Gasteiger partial charge in [0.05, 0.1) is 0 Å². The lowest BCUT2D eigenvalue weighted by Crippen LogP contribution is -2.01. The van der Waals surface area contributed by atoms with E-state index in [1.165, 1.54) is 12.1 Å². The highest BCUT2D eigenvalue weighted by atomic mass is 35.5. The molecule has 0 unspecified atom stereocenters. The Balaban J connectivity index is 2.07. The summed E-state index contributed by atoms with van der Waals surface area (Å²) in [7, 11) is 0. The van der Waals surface area contributed by atoms with E-state index < -0.39 is 0 Å². The van der Waals surface area contributed by atoms with Crippen LogP contribution in [0.4, 0.5) is 10.1 Å². The molecule has 1 aromatic carbocycles. The van der Waals surface area contributed by atoms with Crippen molar-refractivity contribution in [3.8, 4) is 0 Å². The van der Waals surface area contributed by atoms with Crippen LogP contribution in [0.5, 0.6) is 0 Å². The Bertz CT molecular complexity index is 529. The largest absolute Gasteiger partial charge is 0.381 e. The van der Waals surface area contributed by atoms with Crippen molar-refractivity contribution in [2.45, 2.75) is 13.5 Å². The van der Waals surface area contributed by atoms with Crippen LogP contribution in [0.25, 0.3) is 0 Å². The van der Waals surface area contributed by atoms with Gasteiger partial charge in [0.1, 0.15) is 11.0 Å². The van der Waals surface area contributed by atoms with Crippen LogP contribution in [-0.4, -0.2) is 4.98 Å². The number of halogens is 2. The average molecular weight is 251 g/mol. The first-order chi connectivity index (χ1) is 8.15. The first-order valence-electron chi connectivity index (χ1n) is 5.25. The van der Waals surface area contributed by atoms with Crippen LogP contribution < -0.4 is 5.32 Å². The molecule has 0 aliphatic heterocycles. The molecule has 0 atom stereocenters. The van der Waals surface area contributed by atoms with Crippen LogP contribution in [0, 0.1) is 12.7 Å². The molecule has 88 valence electrons. The molecule has 0 fully saturated rings. The van der Waals surface area contributed by atoms with E-state index in [0.717, 1.165) is 16.8 Å². The summed E-state index contributed by atoms with van der Waals surface area (Å²) in [6.07, 6.45) is 1.64. The second kappa shape index (κ2) is 5.15. The number of rotatable bonds is 3. The summed E-state index contributed by atoms with van der Waals surface area (Å²) in [4.78, 5) is 3.90. The van der Waals surface area contributed by atoms with Gasteiger partial charge in [-0.25, -0.2) is 9.37 Å². The van der Waals surface area contributed by atoms with Gasteiger partial charge in [-0.15, -0.1) is 0 Å². The Labute approximate surface area is 104 Å². The number of anilines is 1. The zero-order valence-corrected chi connectivity index (χ0v) is 10.1. The fourth-order valence-corrected chi connectivity index (χ4v) is 1.74. The molecule has 0 aliphatic rings. The van der Waals surface area contributed by atoms with Gasteiger partial charge in [-0.05, 0) is 42.3 Å². The topological polar surface area (TPSA) is 24.9 Å². The van der Waals surface area contributed by atoms with Crippen LogP contribution in [0.2, 0.25) is 5.15 Å². The molecule has 1 aromatic heterocycles. The number of aryl methyl sites for hydroxylation is 1. The quantitative estimate of drug-likeness (QED) is 0.839. The first-order valence-corrected chi connectivity index (χ1v) is 5.63. The highest BCUT2D eigenvalue weighted by Gasteiger charge is 2.00. The monoisotopic (exact) mass is 250 g/mol. The molecule has 0 bridgehead atoms. The Morgan fingerprint density at radius 2 is 2.12 bits per heavy atom. The molecule has 17 heavy (non-hydrogen) atoms. The number of hydrogen-bond donors (Lipinski definition) is 1. The number of pyridine rings is 1. The number of aromatic nitrogens is 1. The Morgan fingerprint density at radius 3 is 2.82 bits per heavy atom. The molecule has 1 N–H and O–H groups in total. The maximum atomic E-state index is 12.9. The molecule has 0 radical (unpaired) electrons. The minimum atomic E-state index is -0.210. The van der Waals surface area contributed by atoms with Gasteiger partial charge in [-0.2, -0.15) is 0 Å².